The van der Waals surface area contributed by atoms with Gasteiger partial charge in [-0.1, -0.05) is 163 Å². The quantitative estimate of drug-likeness (QED) is 0.142. The molecule has 0 saturated carbocycles. The average Bonchev–Trinajstić information content (AvgIpc) is 2.53. The Morgan fingerprint density at radius 3 is 1.15 bits per heavy atom. The molecule has 4 radical (unpaired) electrons. The van der Waals surface area contributed by atoms with Gasteiger partial charge in [-0.3, -0.25) is 4.98 Å². The van der Waals surface area contributed by atoms with E-state index >= 15 is 0 Å². The van der Waals surface area contributed by atoms with Crippen molar-refractivity contribution in [3.63, 3.8) is 0 Å². The average molecular weight is 1830 g/mol. The molecule has 0 atom stereocenters. The van der Waals surface area contributed by atoms with E-state index in [4.69, 9.17) is 4.98 Å². The number of hydrogen-bond acceptors (Lipinski definition) is 4. The van der Waals surface area contributed by atoms with Crippen LogP contribution in [0.1, 0.15) is 27.8 Å². The molecule has 0 aliphatic carbocycles. The van der Waals surface area contributed by atoms with Gasteiger partial charge in [0.15, 0.2) is 0 Å². The first-order valence-corrected chi connectivity index (χ1v) is 27.3. The molecule has 86 heavy (non-hydrogen) atoms. The number of halogens is 1. The van der Waals surface area contributed by atoms with E-state index < -0.39 is 0 Å². The first-order valence-electron chi connectivity index (χ1n) is 27.3. The van der Waals surface area contributed by atoms with Crippen LogP contribution in [0.5, 0.6) is 0 Å². The molecule has 13 rings (SSSR count). The van der Waals surface area contributed by atoms with Gasteiger partial charge in [0.25, 0.3) is 0 Å². The number of aromatic nitrogens is 4. The third kappa shape index (κ3) is 18.2. The Hall–Kier alpha value is -7.63. The Bertz CT molecular complexity index is 4140. The molecule has 0 aliphatic heterocycles. The van der Waals surface area contributed by atoms with Gasteiger partial charge in [-0.15, -0.1) is 142 Å². The van der Waals surface area contributed by atoms with Gasteiger partial charge in [0.05, 0.1) is 5.52 Å². The summed E-state index contributed by atoms with van der Waals surface area (Å²) in [6.45, 7) is 10.3. The molecule has 0 aliphatic rings. The smallest absolute Gasteiger partial charge is 0.123 e. The Balaban J connectivity index is 0.000000181. The molecule has 13 aromatic rings. The van der Waals surface area contributed by atoms with Gasteiger partial charge in [0, 0.05) is 99.0 Å². The fraction of sp³-hybridized carbons (Fsp3) is 0.0649. The van der Waals surface area contributed by atoms with Crippen LogP contribution < -0.4 is 0 Å². The molecule has 0 amide bonds. The Labute approximate surface area is 560 Å². The van der Waals surface area contributed by atoms with Gasteiger partial charge in [-0.2, -0.15) is 0 Å². The standard InChI is InChI=1S/C22H16N.C19H16N.C18H13FN.C18H14N.4Ir/c1-16-14-19-10-5-6-13-21(19)23-22(16)20-12-7-11-18(15-20)17-8-3-2-4-9-17;1-14-10-11-19(20-13-14)17-8-5-7-16(12-17)18-9-4-3-6-15(18)2;1-13-5-10-18(20-12-13)16-4-2-3-15(11-16)14-6-8-17(19)9-7-14;1-14-10-11-18(19-13-14)17-9-5-8-16(12-17)15-6-3-2-4-7-15;;;;/h2-11,13-15H,1H3;3-7,9-13H,1-2H3;2-3,5-12H,1H3;2-8,10-13H,1H3;;;;/q4*-1;;;;. The van der Waals surface area contributed by atoms with Gasteiger partial charge in [0.1, 0.15) is 5.82 Å². The molecule has 4 aromatic heterocycles. The van der Waals surface area contributed by atoms with Gasteiger partial charge in [0.2, 0.25) is 0 Å². The minimum absolute atomic E-state index is 0. The Morgan fingerprint density at radius 1 is 0.314 bits per heavy atom. The molecule has 0 spiro atoms. The first-order chi connectivity index (χ1) is 40.1. The third-order valence-corrected chi connectivity index (χ3v) is 13.8. The van der Waals surface area contributed by atoms with Crippen molar-refractivity contribution < 1.29 is 84.8 Å². The van der Waals surface area contributed by atoms with Crippen molar-refractivity contribution in [3.8, 4) is 89.5 Å². The maximum Gasteiger partial charge on any atom is 0.123 e. The molecular formula is C77H59FIr4N4-4. The second kappa shape index (κ2) is 33.3. The molecule has 0 N–H and O–H groups in total. The van der Waals surface area contributed by atoms with E-state index in [2.05, 4.69) is 193 Å². The summed E-state index contributed by atoms with van der Waals surface area (Å²) in [6.07, 6.45) is 5.62. The van der Waals surface area contributed by atoms with Crippen molar-refractivity contribution in [2.24, 2.45) is 0 Å². The Kier molecular flexibility index (Phi) is 26.2. The van der Waals surface area contributed by atoms with Crippen LogP contribution in [0.15, 0.2) is 267 Å². The van der Waals surface area contributed by atoms with Gasteiger partial charge in [-0.05, 0) is 125 Å². The SMILES string of the molecule is Cc1cc2ccccc2nc1-c1[c-]ccc(-c2ccccc2)c1.Cc1ccc(-c2[c-]ccc(-c3ccc(F)cc3)c2)nc1.Cc1ccc(-c2[c-]ccc(-c3ccccc3)c2)nc1.Cc1ccc(-c2[c-]ccc(-c3ccccc3C)c2)nc1.[Ir].[Ir].[Ir].[Ir]. The number of hydrogen-bond donors (Lipinski definition) is 0. The predicted molar refractivity (Wildman–Crippen MR) is 337 cm³/mol. The van der Waals surface area contributed by atoms with Crippen LogP contribution in [0, 0.1) is 64.7 Å². The number of rotatable bonds is 8. The van der Waals surface area contributed by atoms with Crippen LogP contribution in [-0.4, -0.2) is 19.9 Å². The number of para-hydroxylation sites is 1. The summed E-state index contributed by atoms with van der Waals surface area (Å²) in [7, 11) is 0. The van der Waals surface area contributed by atoms with Crippen LogP contribution in [0.3, 0.4) is 0 Å². The van der Waals surface area contributed by atoms with E-state index in [1.807, 2.05) is 124 Å². The molecule has 0 fully saturated rings. The topological polar surface area (TPSA) is 51.6 Å². The van der Waals surface area contributed by atoms with Crippen molar-refractivity contribution in [3.05, 3.63) is 325 Å². The number of aryl methyl sites for hydroxylation is 5. The number of fused-ring (bicyclic) bond motifs is 1. The minimum Gasteiger partial charge on any atom is -0.304 e. The normalized spacial score (nSPS) is 10.1. The van der Waals surface area contributed by atoms with E-state index in [1.165, 1.54) is 73.2 Å². The summed E-state index contributed by atoms with van der Waals surface area (Å²) in [5.74, 6) is -0.225. The second-order valence-electron chi connectivity index (χ2n) is 20.0. The van der Waals surface area contributed by atoms with Crippen LogP contribution in [-0.2, 0) is 80.4 Å². The van der Waals surface area contributed by atoms with Crippen molar-refractivity contribution in [2.75, 3.05) is 0 Å². The molecule has 4 nitrogen and oxygen atoms in total. The van der Waals surface area contributed by atoms with E-state index in [0.29, 0.717) is 0 Å². The van der Waals surface area contributed by atoms with Gasteiger partial charge < -0.3 is 15.0 Å². The summed E-state index contributed by atoms with van der Waals surface area (Å²) in [5, 5.41) is 1.17. The number of nitrogens with zero attached hydrogens (tertiary/aromatic N) is 4. The van der Waals surface area contributed by atoms with Crippen LogP contribution in [0.25, 0.3) is 100 Å². The zero-order chi connectivity index (χ0) is 56.6. The molecule has 0 unspecified atom stereocenters. The summed E-state index contributed by atoms with van der Waals surface area (Å²) in [4.78, 5) is 18.2. The predicted octanol–water partition coefficient (Wildman–Crippen LogP) is 19.7. The second-order valence-corrected chi connectivity index (χ2v) is 20.0. The fourth-order valence-corrected chi connectivity index (χ4v) is 9.33. The zero-order valence-electron chi connectivity index (χ0n) is 47.9. The van der Waals surface area contributed by atoms with Crippen molar-refractivity contribution in [2.45, 2.75) is 34.6 Å². The maximum atomic E-state index is 13.0. The van der Waals surface area contributed by atoms with Crippen molar-refractivity contribution in [1.29, 1.82) is 0 Å². The van der Waals surface area contributed by atoms with E-state index in [0.717, 1.165) is 67.2 Å². The zero-order valence-corrected chi connectivity index (χ0v) is 57.5. The molecule has 434 valence electrons. The van der Waals surface area contributed by atoms with Crippen molar-refractivity contribution >= 4 is 10.9 Å². The van der Waals surface area contributed by atoms with Gasteiger partial charge >= 0.3 is 0 Å². The largest absolute Gasteiger partial charge is 0.304 e. The molecule has 0 saturated heterocycles. The van der Waals surface area contributed by atoms with E-state index in [9.17, 15) is 4.39 Å². The molecular weight excluding hydrogens is 1770 g/mol. The monoisotopic (exact) mass is 1830 g/mol. The van der Waals surface area contributed by atoms with Gasteiger partial charge in [-0.25, -0.2) is 4.39 Å². The minimum atomic E-state index is -0.225. The third-order valence-electron chi connectivity index (χ3n) is 13.8. The molecule has 4 heterocycles. The summed E-state index contributed by atoms with van der Waals surface area (Å²) in [6, 6.07) is 95.9. The van der Waals surface area contributed by atoms with E-state index in [1.54, 1.807) is 12.1 Å². The van der Waals surface area contributed by atoms with Crippen LogP contribution in [0.4, 0.5) is 4.39 Å². The number of benzene rings is 9. The Morgan fingerprint density at radius 2 is 0.698 bits per heavy atom. The summed E-state index contributed by atoms with van der Waals surface area (Å²) < 4.78 is 13.0. The molecule has 9 aromatic carbocycles. The maximum absolute atomic E-state index is 13.0. The van der Waals surface area contributed by atoms with Crippen LogP contribution in [0.2, 0.25) is 0 Å². The summed E-state index contributed by atoms with van der Waals surface area (Å²) in [5.41, 5.74) is 24.1. The van der Waals surface area contributed by atoms with E-state index in [-0.39, 0.29) is 86.2 Å². The van der Waals surface area contributed by atoms with Crippen LogP contribution >= 0.6 is 0 Å². The molecule has 9 heteroatoms. The number of pyridine rings is 4. The fourth-order valence-electron chi connectivity index (χ4n) is 9.33. The molecule has 0 bridgehead atoms. The first kappa shape index (κ1) is 67.5. The summed E-state index contributed by atoms with van der Waals surface area (Å²) >= 11 is 0. The van der Waals surface area contributed by atoms with Crippen molar-refractivity contribution in [1.82, 2.24) is 19.9 Å².